The second-order valence-electron chi connectivity index (χ2n) is 8.19. The zero-order valence-corrected chi connectivity index (χ0v) is 23.9. The normalized spacial score (nSPS) is 15.1. The summed E-state index contributed by atoms with van der Waals surface area (Å²) in [6.45, 7) is 5.87. The van der Waals surface area contributed by atoms with Gasteiger partial charge in [0.15, 0.2) is 27.8 Å². The molecule has 4 rings (SSSR count). The van der Waals surface area contributed by atoms with Crippen molar-refractivity contribution in [1.29, 1.82) is 0 Å². The second kappa shape index (κ2) is 11.4. The summed E-state index contributed by atoms with van der Waals surface area (Å²) in [6, 6.07) is 7.77. The number of hydrogen-bond acceptors (Lipinski definition) is 9. The van der Waals surface area contributed by atoms with Crippen molar-refractivity contribution in [3.8, 4) is 23.0 Å². The number of rotatable bonds is 8. The number of carbonyl (C=O) groups excluding carboxylic acids is 1. The number of fused-ring (bicyclic) bond motifs is 1. The van der Waals surface area contributed by atoms with Crippen molar-refractivity contribution >= 4 is 39.3 Å². The van der Waals surface area contributed by atoms with E-state index in [1.165, 1.54) is 11.7 Å². The summed E-state index contributed by atoms with van der Waals surface area (Å²) in [7, 11) is 2.99. The number of halogens is 1. The van der Waals surface area contributed by atoms with Gasteiger partial charge < -0.3 is 24.1 Å². The van der Waals surface area contributed by atoms with Crippen LogP contribution in [0.5, 0.6) is 23.0 Å². The maximum Gasteiger partial charge on any atom is 0.338 e. The number of phenolic OH excluding ortho intramolecular Hbond substituents is 1. The molecule has 0 amide bonds. The van der Waals surface area contributed by atoms with Gasteiger partial charge >= 0.3 is 5.97 Å². The van der Waals surface area contributed by atoms with E-state index in [1.54, 1.807) is 57.4 Å². The maximum atomic E-state index is 13.8. The largest absolute Gasteiger partial charge is 0.504 e. The molecule has 0 saturated carbocycles. The Labute approximate surface area is 231 Å². The van der Waals surface area contributed by atoms with Crippen LogP contribution in [0.2, 0.25) is 0 Å². The van der Waals surface area contributed by atoms with Crippen LogP contribution in [0.4, 0.5) is 0 Å². The van der Waals surface area contributed by atoms with Crippen molar-refractivity contribution in [1.82, 2.24) is 4.57 Å². The molecule has 9 nitrogen and oxygen atoms in total. The van der Waals surface area contributed by atoms with Crippen LogP contribution in [0.3, 0.4) is 0 Å². The fourth-order valence-electron chi connectivity index (χ4n) is 4.24. The van der Waals surface area contributed by atoms with E-state index in [4.69, 9.17) is 18.9 Å². The van der Waals surface area contributed by atoms with Crippen molar-refractivity contribution in [3.63, 3.8) is 0 Å². The summed E-state index contributed by atoms with van der Waals surface area (Å²) < 4.78 is 24.2. The highest BCUT2D eigenvalue weighted by Gasteiger charge is 2.34. The first-order valence-corrected chi connectivity index (χ1v) is 13.4. The van der Waals surface area contributed by atoms with Crippen molar-refractivity contribution in [3.05, 3.63) is 76.9 Å². The molecule has 0 spiro atoms. The Morgan fingerprint density at radius 2 is 1.87 bits per heavy atom. The average molecular weight is 603 g/mol. The predicted octanol–water partition coefficient (Wildman–Crippen LogP) is 3.68. The molecule has 1 atom stereocenters. The number of methoxy groups -OCH3 is 2. The standard InChI is InChI=1S/C27H27BrN2O7S/c1-6-36-19-11-15(8-9-18(19)34-4)23-22(26(33)37-7-2)14(3)29-27-30(23)25(32)21(38-27)12-16-10-17(28)13-20(35-5)24(16)31/h8-13,23,31H,6-7H2,1-5H3/b21-12-/t23-/m0/s1. The SMILES string of the molecule is CCOC(=O)C1=C(C)N=c2s/c(=C\c3cc(Br)cc(OC)c3O)c(=O)n2[C@H]1c1ccc(OC)c(OCC)c1. The van der Waals surface area contributed by atoms with Crippen molar-refractivity contribution < 1.29 is 28.8 Å². The molecule has 1 aromatic heterocycles. The third-order valence-corrected chi connectivity index (χ3v) is 7.34. The molecule has 38 heavy (non-hydrogen) atoms. The van der Waals surface area contributed by atoms with E-state index in [1.807, 2.05) is 6.92 Å². The second-order valence-corrected chi connectivity index (χ2v) is 10.1. The Kier molecular flexibility index (Phi) is 8.27. The van der Waals surface area contributed by atoms with Gasteiger partial charge in [-0.3, -0.25) is 9.36 Å². The number of benzene rings is 2. The number of aromatic hydroxyl groups is 1. The van der Waals surface area contributed by atoms with Gasteiger partial charge in [-0.25, -0.2) is 9.79 Å². The van der Waals surface area contributed by atoms with Crippen LogP contribution >= 0.6 is 27.3 Å². The number of thiazole rings is 1. The van der Waals surface area contributed by atoms with Crippen LogP contribution in [0.1, 0.15) is 37.9 Å². The van der Waals surface area contributed by atoms with Gasteiger partial charge in [-0.05, 0) is 56.7 Å². The molecule has 0 unspecified atom stereocenters. The minimum Gasteiger partial charge on any atom is -0.504 e. The average Bonchev–Trinajstić information content (AvgIpc) is 3.19. The van der Waals surface area contributed by atoms with Gasteiger partial charge in [-0.1, -0.05) is 33.3 Å². The number of esters is 1. The number of nitrogens with zero attached hydrogens (tertiary/aromatic N) is 2. The lowest BCUT2D eigenvalue weighted by Crippen LogP contribution is -2.40. The van der Waals surface area contributed by atoms with Crippen LogP contribution < -0.4 is 29.1 Å². The number of aromatic nitrogens is 1. The van der Waals surface area contributed by atoms with Crippen LogP contribution in [-0.2, 0) is 9.53 Å². The third-order valence-electron chi connectivity index (χ3n) is 5.90. The topological polar surface area (TPSA) is 109 Å². The molecular weight excluding hydrogens is 576 g/mol. The van der Waals surface area contributed by atoms with E-state index in [9.17, 15) is 14.7 Å². The Hall–Kier alpha value is -3.57. The fraction of sp³-hybridized carbons (Fsp3) is 0.296. The van der Waals surface area contributed by atoms with E-state index >= 15 is 0 Å². The molecule has 0 bridgehead atoms. The summed E-state index contributed by atoms with van der Waals surface area (Å²) in [6.07, 6.45) is 1.58. The highest BCUT2D eigenvalue weighted by Crippen LogP contribution is 2.37. The Balaban J connectivity index is 1.99. The quantitative estimate of drug-likeness (QED) is 0.392. The molecule has 2 aromatic carbocycles. The van der Waals surface area contributed by atoms with Crippen LogP contribution in [0.25, 0.3) is 6.08 Å². The van der Waals surface area contributed by atoms with Gasteiger partial charge in [0.2, 0.25) is 0 Å². The lowest BCUT2D eigenvalue weighted by atomic mass is 9.95. The smallest absolute Gasteiger partial charge is 0.338 e. The van der Waals surface area contributed by atoms with Crippen LogP contribution in [0.15, 0.2) is 55.9 Å². The van der Waals surface area contributed by atoms with E-state index in [0.29, 0.717) is 48.7 Å². The lowest BCUT2D eigenvalue weighted by Gasteiger charge is -2.25. The molecule has 1 aliphatic rings. The van der Waals surface area contributed by atoms with Gasteiger partial charge in [0, 0.05) is 10.0 Å². The first-order chi connectivity index (χ1) is 18.2. The maximum absolute atomic E-state index is 13.8. The number of carbonyl (C=O) groups is 1. The Morgan fingerprint density at radius 1 is 1.13 bits per heavy atom. The van der Waals surface area contributed by atoms with E-state index in [0.717, 1.165) is 11.3 Å². The summed E-state index contributed by atoms with van der Waals surface area (Å²) in [5.74, 6) is 0.617. The zero-order chi connectivity index (χ0) is 27.6. The molecule has 11 heteroatoms. The molecule has 0 radical (unpaired) electrons. The molecule has 1 aliphatic heterocycles. The van der Waals surface area contributed by atoms with E-state index in [2.05, 4.69) is 20.9 Å². The highest BCUT2D eigenvalue weighted by molar-refractivity contribution is 9.10. The van der Waals surface area contributed by atoms with E-state index in [-0.39, 0.29) is 29.2 Å². The molecule has 200 valence electrons. The van der Waals surface area contributed by atoms with Gasteiger partial charge in [0.05, 0.1) is 49.3 Å². The zero-order valence-electron chi connectivity index (χ0n) is 21.5. The Morgan fingerprint density at radius 3 is 2.53 bits per heavy atom. The first kappa shape index (κ1) is 27.5. The highest BCUT2D eigenvalue weighted by atomic mass is 79.9. The Bertz CT molecular complexity index is 1610. The molecule has 2 heterocycles. The molecule has 3 aromatic rings. The van der Waals surface area contributed by atoms with Gasteiger partial charge in [-0.2, -0.15) is 0 Å². The summed E-state index contributed by atoms with van der Waals surface area (Å²) in [5, 5.41) is 10.6. The van der Waals surface area contributed by atoms with Crippen LogP contribution in [0, 0.1) is 0 Å². The number of ether oxygens (including phenoxy) is 4. The van der Waals surface area contributed by atoms with Gasteiger partial charge in [0.1, 0.15) is 0 Å². The fourth-order valence-corrected chi connectivity index (χ4v) is 5.73. The molecular formula is C27H27BrN2O7S. The summed E-state index contributed by atoms with van der Waals surface area (Å²) in [4.78, 5) is 32.0. The molecule has 1 N–H and O–H groups in total. The minimum atomic E-state index is -0.816. The number of allylic oxidation sites excluding steroid dienone is 1. The summed E-state index contributed by atoms with van der Waals surface area (Å²) in [5.41, 5.74) is 1.35. The van der Waals surface area contributed by atoms with Gasteiger partial charge in [0.25, 0.3) is 5.56 Å². The lowest BCUT2D eigenvalue weighted by molar-refractivity contribution is -0.139. The molecule has 0 aliphatic carbocycles. The van der Waals surface area contributed by atoms with Crippen molar-refractivity contribution in [2.75, 3.05) is 27.4 Å². The van der Waals surface area contributed by atoms with E-state index < -0.39 is 12.0 Å². The number of phenols is 1. The first-order valence-electron chi connectivity index (χ1n) is 11.8. The minimum absolute atomic E-state index is 0.0991. The summed E-state index contributed by atoms with van der Waals surface area (Å²) >= 11 is 4.56. The van der Waals surface area contributed by atoms with Gasteiger partial charge in [-0.15, -0.1) is 0 Å². The number of hydrogen-bond donors (Lipinski definition) is 1. The predicted molar refractivity (Wildman–Crippen MR) is 147 cm³/mol. The monoisotopic (exact) mass is 602 g/mol. The molecule has 0 saturated heterocycles. The third kappa shape index (κ3) is 5.08. The molecule has 0 fully saturated rings. The van der Waals surface area contributed by atoms with Crippen molar-refractivity contribution in [2.45, 2.75) is 26.8 Å². The van der Waals surface area contributed by atoms with Crippen LogP contribution in [-0.4, -0.2) is 43.1 Å². The van der Waals surface area contributed by atoms with Crippen molar-refractivity contribution in [2.24, 2.45) is 4.99 Å².